The zero-order valence-electron chi connectivity index (χ0n) is 64.9. The quantitative estimate of drug-likeness (QED) is 0.0332. The minimum absolute atomic E-state index is 0.0545. The fraction of sp³-hybridized carbons (Fsp3) is 0.789. The number of amides is 2. The summed E-state index contributed by atoms with van der Waals surface area (Å²) in [5.74, 6) is 2.96. The van der Waals surface area contributed by atoms with Crippen molar-refractivity contribution in [2.45, 2.75) is 166 Å². The van der Waals surface area contributed by atoms with Crippen LogP contribution < -0.4 is 19.3 Å². The molecule has 106 heavy (non-hydrogen) atoms. The normalized spacial score (nSPS) is 17.9. The number of esters is 3. The number of halogens is 1. The number of likely N-dealkylation sites (tertiary alicyclic amines) is 2. The molecule has 6 aliphatic rings. The lowest BCUT2D eigenvalue weighted by Crippen LogP contribution is -2.51. The Hall–Kier alpha value is -5.79. The number of aliphatic hydroxyl groups excluding tert-OH is 2. The number of piperazine rings is 2. The Morgan fingerprint density at radius 3 is 1.09 bits per heavy atom. The molecule has 35 heteroatoms. The van der Waals surface area contributed by atoms with E-state index < -0.39 is 42.8 Å². The Morgan fingerprint density at radius 1 is 0.509 bits per heavy atom. The number of rotatable bonds is 29. The van der Waals surface area contributed by atoms with Crippen LogP contribution in [0.2, 0.25) is 0 Å². The molecule has 0 bridgehead atoms. The highest BCUT2D eigenvalue weighted by atomic mass is 79.9. The third-order valence-electron chi connectivity index (χ3n) is 17.8. The zero-order valence-corrected chi connectivity index (χ0v) is 69.7. The van der Waals surface area contributed by atoms with E-state index in [1.165, 1.54) is 52.9 Å². The van der Waals surface area contributed by atoms with Gasteiger partial charge in [0, 0.05) is 146 Å². The number of carbonyl (C=O) groups excluding carboxylic acids is 5. The van der Waals surface area contributed by atoms with Crippen LogP contribution in [0.15, 0.2) is 24.8 Å². The summed E-state index contributed by atoms with van der Waals surface area (Å²) in [7, 11) is -7.00. The van der Waals surface area contributed by atoms with E-state index in [4.69, 9.17) is 53.9 Å². The van der Waals surface area contributed by atoms with Crippen LogP contribution in [-0.4, -0.2) is 260 Å². The minimum atomic E-state index is -3.50. The van der Waals surface area contributed by atoms with Crippen molar-refractivity contribution in [3.8, 4) is 22.6 Å². The van der Waals surface area contributed by atoms with Crippen LogP contribution in [0.4, 0.5) is 21.2 Å². The second kappa shape index (κ2) is 42.4. The van der Waals surface area contributed by atoms with Crippen molar-refractivity contribution in [2.75, 3.05) is 163 Å². The average Bonchev–Trinajstić information content (AvgIpc) is 1.58. The van der Waals surface area contributed by atoms with Gasteiger partial charge in [0.1, 0.15) is 33.6 Å². The summed E-state index contributed by atoms with van der Waals surface area (Å²) in [5, 5.41) is 38.5. The average molecular weight is 1630 g/mol. The number of hydrogen-bond acceptors (Lipinski definition) is 28. The molecule has 2 N–H and O–H groups in total. The Morgan fingerprint density at radius 2 is 0.830 bits per heavy atom. The second-order valence-corrected chi connectivity index (χ2v) is 38.2. The molecule has 0 radical (unpaired) electrons. The first-order valence-corrected chi connectivity index (χ1v) is 42.2. The van der Waals surface area contributed by atoms with Gasteiger partial charge in [0.2, 0.25) is 31.8 Å². The monoisotopic (exact) mass is 1630 g/mol. The lowest BCUT2D eigenvalue weighted by Gasteiger charge is -2.36. The number of ether oxygens (including phenoxy) is 7. The van der Waals surface area contributed by atoms with Gasteiger partial charge < -0.3 is 63.0 Å². The molecule has 4 aliphatic heterocycles. The Balaban J connectivity index is 0.000000330. The number of piperidine rings is 2. The molecule has 0 spiro atoms. The van der Waals surface area contributed by atoms with Crippen LogP contribution in [-0.2, 0) is 58.1 Å². The number of alkyl halides is 1. The van der Waals surface area contributed by atoms with E-state index in [2.05, 4.69) is 35.9 Å². The summed E-state index contributed by atoms with van der Waals surface area (Å²) in [6.45, 7) is 34.8. The van der Waals surface area contributed by atoms with Crippen LogP contribution >= 0.6 is 39.5 Å². The van der Waals surface area contributed by atoms with Gasteiger partial charge in [-0.25, -0.2) is 46.4 Å². The van der Waals surface area contributed by atoms with Crippen molar-refractivity contribution in [1.82, 2.24) is 38.3 Å². The predicted molar refractivity (Wildman–Crippen MR) is 410 cm³/mol. The van der Waals surface area contributed by atoms with Gasteiger partial charge in [-0.15, -0.1) is 0 Å². The van der Waals surface area contributed by atoms with Crippen molar-refractivity contribution in [3.05, 3.63) is 24.8 Å². The van der Waals surface area contributed by atoms with Crippen LogP contribution in [0.25, 0.3) is 0 Å². The standard InChI is InChI=1S/2C26H41N5O7S.C8H13NO2S.C6H11NOS.C5H11BrO/c2*1-20(32)37-18-25(2,3)19-39(34,35)31-13-11-29(12-14-31)22-15-28-23(16-27-22)36-17-21-5-9-30(10-6-21)24(33)38-26(4)7-8-26;1-7(10)11-4-8(2,3)5-12-6-9;1-6(2,3-8)4-9-5-7;1-5(2,3-6)4-7/h2*15-16,21H,5-14,17-19H2,1-4H3;4-5H2,1-3H3;8H,3-4H2,1-2H3;7H,3-4H2,1-2H3. The molecule has 8 rings (SSSR count). The molecule has 6 fully saturated rings. The van der Waals surface area contributed by atoms with Crippen molar-refractivity contribution >= 4 is 101 Å². The largest absolute Gasteiger partial charge is 0.476 e. The fourth-order valence-corrected chi connectivity index (χ4v) is 15.5. The molecule has 4 saturated heterocycles. The molecule has 6 heterocycles. The third kappa shape index (κ3) is 35.7. The van der Waals surface area contributed by atoms with E-state index in [0.717, 1.165) is 56.7 Å². The molecule has 2 amide bonds. The van der Waals surface area contributed by atoms with Crippen molar-refractivity contribution in [3.63, 3.8) is 0 Å². The van der Waals surface area contributed by atoms with Gasteiger partial charge in [0.05, 0.1) is 69.3 Å². The maximum atomic E-state index is 12.9. The second-order valence-electron chi connectivity index (χ2n) is 32.2. The third-order valence-corrected chi connectivity index (χ3v) is 26.0. The van der Waals surface area contributed by atoms with E-state index in [-0.39, 0.29) is 83.5 Å². The molecule has 2 aromatic heterocycles. The Kier molecular flexibility index (Phi) is 37.0. The number of nitrogens with zero attached hydrogens (tertiary/aromatic N) is 12. The van der Waals surface area contributed by atoms with Crippen LogP contribution in [0.1, 0.15) is 155 Å². The zero-order chi connectivity index (χ0) is 79.4. The molecule has 0 atom stereocenters. The summed E-state index contributed by atoms with van der Waals surface area (Å²) in [4.78, 5) is 82.5. The van der Waals surface area contributed by atoms with E-state index >= 15 is 0 Å². The van der Waals surface area contributed by atoms with Gasteiger partial charge in [-0.3, -0.25) is 14.4 Å². The lowest BCUT2D eigenvalue weighted by atomic mass is 9.98. The van der Waals surface area contributed by atoms with Gasteiger partial charge in [0.25, 0.3) is 0 Å². The van der Waals surface area contributed by atoms with Gasteiger partial charge in [-0.05, 0) is 111 Å². The number of thiocyanates is 2. The molecule has 30 nitrogen and oxygen atoms in total. The molecule has 2 aromatic rings. The molecule has 600 valence electrons. The van der Waals surface area contributed by atoms with Gasteiger partial charge in [-0.2, -0.15) is 19.1 Å². The lowest BCUT2D eigenvalue weighted by molar-refractivity contribution is -0.144. The van der Waals surface area contributed by atoms with Gasteiger partial charge in [0.15, 0.2) is 0 Å². The number of sulfonamides is 2. The highest BCUT2D eigenvalue weighted by Gasteiger charge is 2.45. The molecule has 2 saturated carbocycles. The Bertz CT molecular complexity index is 3220. The summed E-state index contributed by atoms with van der Waals surface area (Å²) < 4.78 is 92.5. The van der Waals surface area contributed by atoms with Crippen molar-refractivity contribution in [2.24, 2.45) is 38.9 Å². The van der Waals surface area contributed by atoms with Crippen molar-refractivity contribution in [1.29, 1.82) is 10.5 Å². The summed E-state index contributed by atoms with van der Waals surface area (Å²) in [6.07, 6.45) is 13.3. The van der Waals surface area contributed by atoms with Crippen LogP contribution in [0.3, 0.4) is 0 Å². The van der Waals surface area contributed by atoms with Gasteiger partial charge >= 0.3 is 30.1 Å². The SMILES string of the molecule is CC(=O)OCC(C)(C)CS(=O)(=O)N1CCN(c2cnc(OCC3CCN(C(=O)OC4(C)CC4)CC3)cn2)CC1.CC(=O)OCC(C)(C)CS(=O)(=O)N1CCN(c2cnc(OCC3CCN(C(=O)OC4(C)CC4)CC3)cn2)CC1.CC(=O)OCC(C)(C)CSC#N.CC(C)(CO)CBr.CC(C)(CO)CSC#N. The molecule has 2 aliphatic carbocycles. The Labute approximate surface area is 646 Å². The van der Waals surface area contributed by atoms with E-state index in [0.29, 0.717) is 145 Å². The number of nitriles is 2. The summed E-state index contributed by atoms with van der Waals surface area (Å²) in [5.41, 5.74) is -2.04. The van der Waals surface area contributed by atoms with E-state index in [9.17, 15) is 40.8 Å². The first-order valence-electron chi connectivity index (χ1n) is 35.9. The number of carbonyl (C=O) groups is 5. The first-order chi connectivity index (χ1) is 49.4. The molecular weight excluding hydrogens is 1520 g/mol. The highest BCUT2D eigenvalue weighted by molar-refractivity contribution is 9.09. The van der Waals surface area contributed by atoms with Crippen molar-refractivity contribution < 1.29 is 84.2 Å². The predicted octanol–water partition coefficient (Wildman–Crippen LogP) is 9.00. The summed E-state index contributed by atoms with van der Waals surface area (Å²) in [6, 6.07) is 0. The smallest absolute Gasteiger partial charge is 0.410 e. The number of thioether (sulfide) groups is 2. The maximum Gasteiger partial charge on any atom is 0.410 e. The molecular formula is C71H117BrN12O18S4. The number of aliphatic hydroxyl groups is 2. The number of anilines is 2. The highest BCUT2D eigenvalue weighted by Crippen LogP contribution is 2.41. The van der Waals surface area contributed by atoms with Crippen LogP contribution in [0.5, 0.6) is 11.8 Å². The first kappa shape index (κ1) is 92.6. The molecule has 0 aromatic carbocycles. The maximum absolute atomic E-state index is 12.9. The topological polar surface area (TPSA) is 377 Å². The van der Waals surface area contributed by atoms with E-state index in [1.54, 1.807) is 62.3 Å². The van der Waals surface area contributed by atoms with Crippen LogP contribution in [0, 0.1) is 60.2 Å². The summed E-state index contributed by atoms with van der Waals surface area (Å²) >= 11 is 5.64. The minimum Gasteiger partial charge on any atom is -0.476 e. The number of hydrogen-bond donors (Lipinski definition) is 2. The fourth-order valence-electron chi connectivity index (χ4n) is 10.3. The van der Waals surface area contributed by atoms with Gasteiger partial charge in [-0.1, -0.05) is 85.2 Å². The number of aromatic nitrogens is 4. The molecule has 0 unspecified atom stereocenters. The van der Waals surface area contributed by atoms with E-state index in [1.807, 2.05) is 76.0 Å².